The molecule has 0 radical (unpaired) electrons. The molecule has 0 saturated carbocycles. The average molecular weight is 490 g/mol. The number of terminal acetylenes is 1. The maximum Gasteiger partial charge on any atom is 0.411 e. The van der Waals surface area contributed by atoms with Gasteiger partial charge in [0.1, 0.15) is 24.4 Å². The van der Waals surface area contributed by atoms with E-state index < -0.39 is 6.09 Å². The summed E-state index contributed by atoms with van der Waals surface area (Å²) in [5.74, 6) is 3.12. The minimum Gasteiger partial charge on any atom is -0.494 e. The lowest BCUT2D eigenvalue weighted by Crippen LogP contribution is -2.41. The summed E-state index contributed by atoms with van der Waals surface area (Å²) in [6, 6.07) is 13.2. The van der Waals surface area contributed by atoms with Gasteiger partial charge >= 0.3 is 6.09 Å². The van der Waals surface area contributed by atoms with Gasteiger partial charge in [-0.1, -0.05) is 29.7 Å². The Hall–Kier alpha value is -3.96. The van der Waals surface area contributed by atoms with Crippen LogP contribution in [-0.4, -0.2) is 50.5 Å². The van der Waals surface area contributed by atoms with E-state index in [1.807, 2.05) is 42.5 Å². The molecule has 4 aromatic rings. The lowest BCUT2D eigenvalue weighted by atomic mass is 9.92. The number of fused-ring (bicyclic) bond motifs is 3. The third kappa shape index (κ3) is 4.81. The first kappa shape index (κ1) is 22.8. The van der Waals surface area contributed by atoms with Crippen LogP contribution in [0.3, 0.4) is 0 Å². The van der Waals surface area contributed by atoms with Crippen molar-refractivity contribution in [1.82, 2.24) is 24.6 Å². The van der Waals surface area contributed by atoms with Crippen molar-refractivity contribution in [2.45, 2.75) is 25.4 Å². The smallest absolute Gasteiger partial charge is 0.411 e. The van der Waals surface area contributed by atoms with Gasteiger partial charge in [0.15, 0.2) is 6.61 Å². The Bertz CT molecular complexity index is 1360. The van der Waals surface area contributed by atoms with Gasteiger partial charge in [-0.25, -0.2) is 9.78 Å². The van der Waals surface area contributed by atoms with E-state index in [-0.39, 0.29) is 12.6 Å². The van der Waals surface area contributed by atoms with E-state index in [1.54, 1.807) is 15.9 Å². The molecule has 9 heteroatoms. The molecule has 0 aliphatic carbocycles. The number of nitrogens with zero attached hydrogens (tertiary/aromatic N) is 4. The van der Waals surface area contributed by atoms with E-state index in [9.17, 15) is 4.79 Å². The predicted molar refractivity (Wildman–Crippen MR) is 132 cm³/mol. The van der Waals surface area contributed by atoms with Crippen molar-refractivity contribution in [2.75, 3.05) is 19.8 Å². The molecule has 0 spiro atoms. The molecule has 1 N–H and O–H groups in total. The number of aromatic amines is 1. The molecule has 8 nitrogen and oxygen atoms in total. The van der Waals surface area contributed by atoms with Crippen molar-refractivity contribution in [3.05, 3.63) is 77.0 Å². The first-order chi connectivity index (χ1) is 17.1. The third-order valence-corrected chi connectivity index (χ3v) is 6.30. The summed E-state index contributed by atoms with van der Waals surface area (Å²) in [6.45, 7) is 1.72. The zero-order chi connectivity index (χ0) is 24.2. The van der Waals surface area contributed by atoms with Crippen LogP contribution in [0.5, 0.6) is 5.75 Å². The summed E-state index contributed by atoms with van der Waals surface area (Å²) >= 11 is 6.27. The molecule has 1 amide bonds. The van der Waals surface area contributed by atoms with Gasteiger partial charge in [0.05, 0.1) is 6.61 Å². The monoisotopic (exact) mass is 489 g/mol. The molecule has 5 rings (SSSR count). The number of nitrogens with one attached hydrogen (secondary N) is 1. The van der Waals surface area contributed by atoms with E-state index in [0.29, 0.717) is 24.6 Å². The Labute approximate surface area is 207 Å². The van der Waals surface area contributed by atoms with Crippen LogP contribution in [0.15, 0.2) is 55.1 Å². The van der Waals surface area contributed by atoms with Crippen LogP contribution in [0.1, 0.15) is 29.3 Å². The SMILES string of the molecule is C#CCOC(=O)N1CCc2c([nH]c3ccc(Cl)cc23)C1c1ccc(OCCCn2cncn2)cc1. The van der Waals surface area contributed by atoms with Crippen molar-refractivity contribution in [1.29, 1.82) is 0 Å². The molecule has 35 heavy (non-hydrogen) atoms. The lowest BCUT2D eigenvalue weighted by molar-refractivity contribution is 0.0993. The summed E-state index contributed by atoms with van der Waals surface area (Å²) in [6.07, 6.45) is 9.56. The second-order valence-electron chi connectivity index (χ2n) is 8.24. The average Bonchev–Trinajstić information content (AvgIpc) is 3.52. The Morgan fingerprint density at radius 3 is 2.89 bits per heavy atom. The van der Waals surface area contributed by atoms with E-state index in [4.69, 9.17) is 27.5 Å². The first-order valence-electron chi connectivity index (χ1n) is 11.4. The number of H-pyrrole nitrogens is 1. The summed E-state index contributed by atoms with van der Waals surface area (Å²) in [4.78, 5) is 22.1. The Kier molecular flexibility index (Phi) is 6.59. The van der Waals surface area contributed by atoms with E-state index in [2.05, 4.69) is 21.0 Å². The highest BCUT2D eigenvalue weighted by molar-refractivity contribution is 6.31. The molecule has 1 aliphatic heterocycles. The highest BCUT2D eigenvalue weighted by Gasteiger charge is 2.35. The summed E-state index contributed by atoms with van der Waals surface area (Å²) in [7, 11) is 0. The van der Waals surface area contributed by atoms with E-state index in [1.165, 1.54) is 6.33 Å². The minimum absolute atomic E-state index is 0.0708. The maximum atomic E-state index is 12.9. The lowest BCUT2D eigenvalue weighted by Gasteiger charge is -2.35. The number of halogens is 1. The van der Waals surface area contributed by atoms with Crippen molar-refractivity contribution < 1.29 is 14.3 Å². The van der Waals surface area contributed by atoms with Crippen LogP contribution in [-0.2, 0) is 17.7 Å². The van der Waals surface area contributed by atoms with Gasteiger partial charge in [0, 0.05) is 41.1 Å². The molecule has 2 aromatic carbocycles. The van der Waals surface area contributed by atoms with Gasteiger partial charge in [-0.2, -0.15) is 5.10 Å². The van der Waals surface area contributed by atoms with Gasteiger partial charge in [-0.15, -0.1) is 6.42 Å². The number of rotatable bonds is 7. The number of aryl methyl sites for hydroxylation is 1. The number of aromatic nitrogens is 4. The Balaban J connectivity index is 1.39. The van der Waals surface area contributed by atoms with E-state index in [0.717, 1.165) is 46.4 Å². The van der Waals surface area contributed by atoms with Crippen LogP contribution in [0.4, 0.5) is 4.79 Å². The maximum absolute atomic E-state index is 12.9. The molecule has 1 aliphatic rings. The number of amides is 1. The summed E-state index contributed by atoms with van der Waals surface area (Å²) in [5, 5.41) is 5.84. The number of carbonyl (C=O) groups is 1. The summed E-state index contributed by atoms with van der Waals surface area (Å²) in [5.41, 5.74) is 4.03. The van der Waals surface area contributed by atoms with E-state index >= 15 is 0 Å². The second-order valence-corrected chi connectivity index (χ2v) is 8.68. The molecule has 2 aromatic heterocycles. The largest absolute Gasteiger partial charge is 0.494 e. The molecular formula is C26H24ClN5O3. The van der Waals surface area contributed by atoms with Crippen LogP contribution in [0.25, 0.3) is 10.9 Å². The fourth-order valence-corrected chi connectivity index (χ4v) is 4.67. The van der Waals surface area contributed by atoms with Crippen LogP contribution in [0.2, 0.25) is 5.02 Å². The molecule has 0 fully saturated rings. The number of hydrogen-bond donors (Lipinski definition) is 1. The molecule has 1 unspecified atom stereocenters. The van der Waals surface area contributed by atoms with Gasteiger partial charge < -0.3 is 14.5 Å². The Morgan fingerprint density at radius 1 is 1.26 bits per heavy atom. The van der Waals surface area contributed by atoms with Gasteiger partial charge in [-0.3, -0.25) is 9.58 Å². The molecule has 178 valence electrons. The second kappa shape index (κ2) is 10.1. The predicted octanol–water partition coefficient (Wildman–Crippen LogP) is 4.60. The number of hydrogen-bond acceptors (Lipinski definition) is 5. The fourth-order valence-electron chi connectivity index (χ4n) is 4.50. The van der Waals surface area contributed by atoms with Gasteiger partial charge in [0.25, 0.3) is 0 Å². The van der Waals surface area contributed by atoms with Crippen LogP contribution < -0.4 is 4.74 Å². The number of carbonyl (C=O) groups excluding carboxylic acids is 1. The molecular weight excluding hydrogens is 466 g/mol. The number of benzene rings is 2. The minimum atomic E-state index is -0.441. The van der Waals surface area contributed by atoms with Crippen molar-refractivity contribution in [3.8, 4) is 18.1 Å². The Morgan fingerprint density at radius 2 is 2.11 bits per heavy atom. The number of ether oxygens (including phenoxy) is 2. The highest BCUT2D eigenvalue weighted by Crippen LogP contribution is 2.39. The first-order valence-corrected chi connectivity index (χ1v) is 11.7. The molecule has 0 saturated heterocycles. The zero-order valence-electron chi connectivity index (χ0n) is 19.0. The molecule has 3 heterocycles. The highest BCUT2D eigenvalue weighted by atomic mass is 35.5. The topological polar surface area (TPSA) is 85.3 Å². The van der Waals surface area contributed by atoms with Crippen molar-refractivity contribution in [2.24, 2.45) is 0 Å². The summed E-state index contributed by atoms with van der Waals surface area (Å²) < 4.78 is 13.0. The molecule has 0 bridgehead atoms. The van der Waals surface area contributed by atoms with Crippen molar-refractivity contribution >= 4 is 28.6 Å². The zero-order valence-corrected chi connectivity index (χ0v) is 19.7. The third-order valence-electron chi connectivity index (χ3n) is 6.07. The normalized spacial score (nSPS) is 15.0. The van der Waals surface area contributed by atoms with Gasteiger partial charge in [0.2, 0.25) is 0 Å². The fraction of sp³-hybridized carbons (Fsp3) is 0.269. The quantitative estimate of drug-likeness (QED) is 0.303. The van der Waals surface area contributed by atoms with Crippen LogP contribution >= 0.6 is 11.6 Å². The van der Waals surface area contributed by atoms with Crippen LogP contribution in [0, 0.1) is 12.3 Å². The standard InChI is InChI=1S/C26H24ClN5O3/c1-2-13-35-26(33)32-12-10-21-22-15-19(27)6-9-23(22)30-24(21)25(32)18-4-7-20(8-5-18)34-14-3-11-31-17-28-16-29-31/h1,4-9,15-17,25,30H,3,10-14H2. The van der Waals surface area contributed by atoms with Crippen molar-refractivity contribution in [3.63, 3.8) is 0 Å². The van der Waals surface area contributed by atoms with Gasteiger partial charge in [-0.05, 0) is 47.9 Å². The molecule has 1 atom stereocenters.